The van der Waals surface area contributed by atoms with E-state index in [9.17, 15) is 9.59 Å². The lowest BCUT2D eigenvalue weighted by molar-refractivity contribution is -0.113. The molecule has 1 fully saturated rings. The number of carbonyl (C=O) groups excluding carboxylic acids is 1. The second kappa shape index (κ2) is 8.47. The molecule has 2 N–H and O–H groups in total. The van der Waals surface area contributed by atoms with Crippen molar-refractivity contribution in [2.75, 3.05) is 17.7 Å². The van der Waals surface area contributed by atoms with Gasteiger partial charge in [-0.15, -0.1) is 11.8 Å². The minimum Gasteiger partial charge on any atom is -0.494 e. The number of ether oxygens (including phenoxy) is 1. The number of fused-ring (bicyclic) bond motifs is 1. The molecule has 7 heteroatoms. The average Bonchev–Trinajstić information content (AvgIpc) is 2.91. The smallest absolute Gasteiger partial charge is 0.270 e. The van der Waals surface area contributed by atoms with Crippen LogP contribution in [0.1, 0.15) is 67.9 Å². The molecule has 1 aliphatic heterocycles. The molecule has 1 saturated carbocycles. The summed E-state index contributed by atoms with van der Waals surface area (Å²) in [5.74, 6) is 1.74. The van der Waals surface area contributed by atoms with E-state index in [1.807, 2.05) is 35.9 Å². The Morgan fingerprint density at radius 2 is 1.82 bits per heavy atom. The lowest BCUT2D eigenvalue weighted by Gasteiger charge is -2.19. The zero-order valence-corrected chi connectivity index (χ0v) is 17.0. The normalized spacial score (nSPS) is 20.8. The minimum absolute atomic E-state index is 0.0546. The van der Waals surface area contributed by atoms with Gasteiger partial charge in [-0.2, -0.15) is 0 Å². The third-order valence-electron chi connectivity index (χ3n) is 5.55. The van der Waals surface area contributed by atoms with Gasteiger partial charge in [0.15, 0.2) is 0 Å². The lowest BCUT2D eigenvalue weighted by atomic mass is 10.1. The highest BCUT2D eigenvalue weighted by Gasteiger charge is 2.32. The van der Waals surface area contributed by atoms with Gasteiger partial charge in [0, 0.05) is 0 Å². The molecule has 2 aliphatic rings. The van der Waals surface area contributed by atoms with Gasteiger partial charge in [-0.05, 0) is 37.5 Å². The maximum atomic E-state index is 13.0. The van der Waals surface area contributed by atoms with Crippen LogP contribution in [0.25, 0.3) is 0 Å². The lowest BCUT2D eigenvalue weighted by Crippen LogP contribution is -2.19. The summed E-state index contributed by atoms with van der Waals surface area (Å²) in [7, 11) is 0. The Morgan fingerprint density at radius 1 is 1.11 bits per heavy atom. The molecule has 6 nitrogen and oxygen atoms in total. The predicted molar refractivity (Wildman–Crippen MR) is 112 cm³/mol. The third-order valence-corrected chi connectivity index (χ3v) is 6.82. The van der Waals surface area contributed by atoms with E-state index in [2.05, 4.69) is 10.4 Å². The van der Waals surface area contributed by atoms with Crippen molar-refractivity contribution < 1.29 is 9.53 Å². The third kappa shape index (κ3) is 3.85. The molecular weight excluding hydrogens is 374 g/mol. The van der Waals surface area contributed by atoms with Crippen LogP contribution in [0.4, 0.5) is 5.82 Å². The van der Waals surface area contributed by atoms with Gasteiger partial charge in [0.2, 0.25) is 5.91 Å². The van der Waals surface area contributed by atoms with Crippen LogP contribution in [0.5, 0.6) is 5.75 Å². The topological polar surface area (TPSA) is 76.1 Å². The van der Waals surface area contributed by atoms with E-state index in [0.29, 0.717) is 23.7 Å². The number of aromatic nitrogens is 2. The molecule has 2 heterocycles. The average molecular weight is 402 g/mol. The minimum atomic E-state index is -0.180. The summed E-state index contributed by atoms with van der Waals surface area (Å²) in [6, 6.07) is 8.07. The number of aromatic amines is 1. The van der Waals surface area contributed by atoms with E-state index in [1.54, 1.807) is 0 Å². The molecule has 0 unspecified atom stereocenters. The second-order valence-corrected chi connectivity index (χ2v) is 8.55. The fourth-order valence-corrected chi connectivity index (χ4v) is 5.33. The molecule has 0 spiro atoms. The molecule has 1 aliphatic carbocycles. The molecule has 1 aromatic carbocycles. The zero-order chi connectivity index (χ0) is 19.5. The number of H-pyrrole nitrogens is 1. The number of rotatable bonds is 4. The van der Waals surface area contributed by atoms with E-state index in [-0.39, 0.29) is 22.8 Å². The summed E-state index contributed by atoms with van der Waals surface area (Å²) in [4.78, 5) is 25.4. The van der Waals surface area contributed by atoms with Crippen LogP contribution in [-0.2, 0) is 4.79 Å². The highest BCUT2D eigenvalue weighted by Crippen LogP contribution is 2.41. The molecule has 0 saturated heterocycles. The summed E-state index contributed by atoms with van der Waals surface area (Å²) < 4.78 is 7.47. The van der Waals surface area contributed by atoms with Crippen LogP contribution in [-0.4, -0.2) is 28.0 Å². The van der Waals surface area contributed by atoms with E-state index in [1.165, 1.54) is 24.6 Å². The Hall–Kier alpha value is -2.15. The van der Waals surface area contributed by atoms with Crippen LogP contribution in [0.15, 0.2) is 29.1 Å². The van der Waals surface area contributed by atoms with Crippen molar-refractivity contribution in [3.8, 4) is 5.75 Å². The monoisotopic (exact) mass is 401 g/mol. The van der Waals surface area contributed by atoms with Crippen molar-refractivity contribution in [3.63, 3.8) is 0 Å². The van der Waals surface area contributed by atoms with Gasteiger partial charge >= 0.3 is 0 Å². The van der Waals surface area contributed by atoms with Gasteiger partial charge in [0.25, 0.3) is 5.56 Å². The van der Waals surface area contributed by atoms with E-state index in [4.69, 9.17) is 4.74 Å². The van der Waals surface area contributed by atoms with Crippen molar-refractivity contribution in [3.05, 3.63) is 45.7 Å². The number of amides is 1. The number of benzene rings is 1. The van der Waals surface area contributed by atoms with E-state index >= 15 is 0 Å². The molecule has 0 radical (unpaired) electrons. The van der Waals surface area contributed by atoms with Gasteiger partial charge in [0.05, 0.1) is 29.2 Å². The van der Waals surface area contributed by atoms with Crippen LogP contribution in [0, 0.1) is 0 Å². The van der Waals surface area contributed by atoms with Crippen LogP contribution >= 0.6 is 11.8 Å². The maximum Gasteiger partial charge on any atom is 0.270 e. The quantitative estimate of drug-likeness (QED) is 0.751. The van der Waals surface area contributed by atoms with Crippen molar-refractivity contribution in [2.45, 2.75) is 56.7 Å². The molecule has 28 heavy (non-hydrogen) atoms. The highest BCUT2D eigenvalue weighted by atomic mass is 32.2. The first kappa shape index (κ1) is 19.2. The van der Waals surface area contributed by atoms with Gasteiger partial charge in [-0.3, -0.25) is 19.4 Å². The van der Waals surface area contributed by atoms with E-state index in [0.717, 1.165) is 37.0 Å². The van der Waals surface area contributed by atoms with Gasteiger partial charge in [0.1, 0.15) is 11.6 Å². The summed E-state index contributed by atoms with van der Waals surface area (Å²) in [5.41, 5.74) is 1.56. The fourth-order valence-electron chi connectivity index (χ4n) is 4.20. The van der Waals surface area contributed by atoms with Crippen LogP contribution in [0.3, 0.4) is 0 Å². The first-order valence-corrected chi connectivity index (χ1v) is 11.2. The Labute approximate surface area is 169 Å². The Balaban J connectivity index is 1.73. The summed E-state index contributed by atoms with van der Waals surface area (Å²) >= 11 is 1.50. The zero-order valence-electron chi connectivity index (χ0n) is 16.2. The fraction of sp³-hybridized carbons (Fsp3) is 0.524. The largest absolute Gasteiger partial charge is 0.494 e. The molecule has 1 amide bonds. The van der Waals surface area contributed by atoms with Gasteiger partial charge < -0.3 is 10.1 Å². The number of carbonyl (C=O) groups is 1. The maximum absolute atomic E-state index is 13.0. The van der Waals surface area contributed by atoms with Crippen LogP contribution < -0.4 is 15.6 Å². The number of nitrogens with zero attached hydrogens (tertiary/aromatic N) is 1. The SMILES string of the molecule is CCOc1ccc([C@@H]2SCC(=O)Nc3c2c(=O)[nH]n3C2CCCCCC2)cc1. The summed E-state index contributed by atoms with van der Waals surface area (Å²) in [5, 5.41) is 5.87. The Kier molecular flexibility index (Phi) is 5.80. The van der Waals surface area contributed by atoms with Crippen molar-refractivity contribution in [1.82, 2.24) is 9.78 Å². The van der Waals surface area contributed by atoms with Crippen molar-refractivity contribution in [2.24, 2.45) is 0 Å². The van der Waals surface area contributed by atoms with Gasteiger partial charge in [-0.25, -0.2) is 0 Å². The van der Waals surface area contributed by atoms with Crippen molar-refractivity contribution in [1.29, 1.82) is 0 Å². The molecule has 2 aromatic rings. The van der Waals surface area contributed by atoms with Gasteiger partial charge in [-0.1, -0.05) is 37.8 Å². The second-order valence-electron chi connectivity index (χ2n) is 7.46. The number of nitrogens with one attached hydrogen (secondary N) is 2. The molecule has 150 valence electrons. The first-order valence-electron chi connectivity index (χ1n) is 10.2. The summed E-state index contributed by atoms with van der Waals surface area (Å²) in [6.07, 6.45) is 6.86. The molecule has 1 atom stereocenters. The summed E-state index contributed by atoms with van der Waals surface area (Å²) in [6.45, 7) is 2.57. The standard InChI is InChI=1S/C21H27N3O3S/c1-2-27-16-11-9-14(10-12-16)19-18-20(22-17(25)13-28-19)24(23-21(18)26)15-7-5-3-4-6-8-15/h9-12,15,19H,2-8,13H2,1H3,(H,22,25)(H,23,26)/t19-/m0/s1. The molecule has 0 bridgehead atoms. The van der Waals surface area contributed by atoms with E-state index < -0.39 is 0 Å². The first-order chi connectivity index (χ1) is 13.7. The van der Waals surface area contributed by atoms with Crippen molar-refractivity contribution >= 4 is 23.5 Å². The van der Waals surface area contributed by atoms with Crippen LogP contribution in [0.2, 0.25) is 0 Å². The molecule has 4 rings (SSSR count). The number of thioether (sulfide) groups is 1. The number of hydrogen-bond acceptors (Lipinski definition) is 4. The number of hydrogen-bond donors (Lipinski definition) is 2. The molecular formula is C21H27N3O3S. The Morgan fingerprint density at radius 3 is 2.50 bits per heavy atom. The Bertz CT molecular complexity index is 879. The predicted octanol–water partition coefficient (Wildman–Crippen LogP) is 4.25. The highest BCUT2D eigenvalue weighted by molar-refractivity contribution is 8.00. The molecule has 1 aromatic heterocycles. The number of anilines is 1.